The Kier molecular flexibility index (Phi) is 4.61. The number of rotatable bonds is 5. The lowest BCUT2D eigenvalue weighted by Gasteiger charge is -2.11. The quantitative estimate of drug-likeness (QED) is 0.783. The molecule has 1 heterocycles. The minimum absolute atomic E-state index is 0.187. The number of hydrogen-bond acceptors (Lipinski definition) is 3. The van der Waals surface area contributed by atoms with Crippen molar-refractivity contribution in [2.24, 2.45) is 5.73 Å². The van der Waals surface area contributed by atoms with Crippen LogP contribution in [0.25, 0.3) is 0 Å². The van der Waals surface area contributed by atoms with Crippen LogP contribution in [-0.4, -0.2) is 11.9 Å². The first-order chi connectivity index (χ1) is 10.1. The van der Waals surface area contributed by atoms with Crippen LogP contribution < -0.4 is 16.4 Å². The summed E-state index contributed by atoms with van der Waals surface area (Å²) >= 11 is 0. The van der Waals surface area contributed by atoms with E-state index in [-0.39, 0.29) is 11.9 Å². The molecule has 2 rings (SSSR count). The van der Waals surface area contributed by atoms with Gasteiger partial charge < -0.3 is 20.8 Å². The lowest BCUT2D eigenvalue weighted by Crippen LogP contribution is -2.28. The molecule has 1 unspecified atom stereocenters. The molecule has 0 saturated heterocycles. The molecule has 21 heavy (non-hydrogen) atoms. The number of hydrogen-bond donors (Lipinski definition) is 3. The second kappa shape index (κ2) is 6.60. The molecule has 0 aliphatic carbocycles. The molecule has 1 aromatic heterocycles. The zero-order chi connectivity index (χ0) is 15.2. The maximum absolute atomic E-state index is 12.1. The van der Waals surface area contributed by atoms with Gasteiger partial charge in [-0.05, 0) is 36.8 Å². The van der Waals surface area contributed by atoms with Crippen molar-refractivity contribution in [3.8, 4) is 0 Å². The van der Waals surface area contributed by atoms with E-state index < -0.39 is 6.03 Å². The monoisotopic (exact) mass is 287 g/mol. The van der Waals surface area contributed by atoms with Crippen molar-refractivity contribution in [1.82, 2.24) is 10.6 Å². The number of carbonyl (C=O) groups excluding carboxylic acids is 2. The summed E-state index contributed by atoms with van der Waals surface area (Å²) in [6.45, 7) is 2.18. The summed E-state index contributed by atoms with van der Waals surface area (Å²) < 4.78 is 5.24. The highest BCUT2D eigenvalue weighted by atomic mass is 16.3. The molecule has 6 heteroatoms. The van der Waals surface area contributed by atoms with Gasteiger partial charge in [0.25, 0.3) is 5.91 Å². The van der Waals surface area contributed by atoms with Gasteiger partial charge >= 0.3 is 6.03 Å². The summed E-state index contributed by atoms with van der Waals surface area (Å²) in [4.78, 5) is 22.7. The summed E-state index contributed by atoms with van der Waals surface area (Å²) in [5.41, 5.74) is 6.40. The second-order valence-electron chi connectivity index (χ2n) is 4.63. The van der Waals surface area contributed by atoms with Crippen LogP contribution in [0.5, 0.6) is 0 Å². The molecule has 0 aliphatic rings. The minimum atomic E-state index is -0.580. The number of urea groups is 1. The van der Waals surface area contributed by atoms with Crippen molar-refractivity contribution in [2.75, 3.05) is 0 Å². The molecule has 0 spiro atoms. The molecule has 1 aromatic carbocycles. The van der Waals surface area contributed by atoms with E-state index in [1.165, 1.54) is 0 Å². The predicted octanol–water partition coefficient (Wildman–Crippen LogP) is 1.94. The van der Waals surface area contributed by atoms with Crippen LogP contribution in [-0.2, 0) is 6.54 Å². The van der Waals surface area contributed by atoms with Crippen molar-refractivity contribution in [3.63, 3.8) is 0 Å². The Morgan fingerprint density at radius 2 is 1.95 bits per heavy atom. The molecule has 0 aliphatic heterocycles. The topological polar surface area (TPSA) is 97.4 Å². The van der Waals surface area contributed by atoms with Crippen LogP contribution >= 0.6 is 0 Å². The molecule has 1 atom stereocenters. The highest BCUT2D eigenvalue weighted by Crippen LogP contribution is 2.13. The van der Waals surface area contributed by atoms with Gasteiger partial charge in [-0.2, -0.15) is 0 Å². The normalized spacial score (nSPS) is 11.7. The predicted molar refractivity (Wildman–Crippen MR) is 77.5 cm³/mol. The van der Waals surface area contributed by atoms with Gasteiger partial charge in [-0.1, -0.05) is 12.1 Å². The molecule has 0 bridgehead atoms. The van der Waals surface area contributed by atoms with Gasteiger partial charge in [-0.15, -0.1) is 0 Å². The minimum Gasteiger partial charge on any atom is -0.467 e. The van der Waals surface area contributed by atoms with Crippen LogP contribution in [0.3, 0.4) is 0 Å². The number of nitrogens with two attached hydrogens (primary N) is 1. The molecular weight excluding hydrogens is 270 g/mol. The molecule has 0 radical (unpaired) electrons. The van der Waals surface area contributed by atoms with Crippen molar-refractivity contribution in [2.45, 2.75) is 19.5 Å². The third-order valence-corrected chi connectivity index (χ3v) is 3.00. The zero-order valence-electron chi connectivity index (χ0n) is 11.6. The fraction of sp³-hybridized carbons (Fsp3) is 0.200. The Morgan fingerprint density at radius 1 is 1.24 bits per heavy atom. The van der Waals surface area contributed by atoms with Gasteiger partial charge in [-0.25, -0.2) is 4.79 Å². The Bertz CT molecular complexity index is 606. The zero-order valence-corrected chi connectivity index (χ0v) is 11.6. The average molecular weight is 287 g/mol. The van der Waals surface area contributed by atoms with E-state index in [1.54, 1.807) is 36.6 Å². The van der Waals surface area contributed by atoms with Gasteiger partial charge in [-0.3, -0.25) is 4.79 Å². The fourth-order valence-electron chi connectivity index (χ4n) is 1.85. The Hall–Kier alpha value is -2.76. The average Bonchev–Trinajstić information content (AvgIpc) is 3.00. The number of nitrogens with one attached hydrogen (secondary N) is 2. The van der Waals surface area contributed by atoms with Gasteiger partial charge in [0.15, 0.2) is 0 Å². The third kappa shape index (κ3) is 4.10. The number of primary amides is 1. The molecule has 6 nitrogen and oxygen atoms in total. The SMILES string of the molecule is CC(NC(=O)c1ccc(CNC(N)=O)cc1)c1ccco1. The summed E-state index contributed by atoms with van der Waals surface area (Å²) in [6.07, 6.45) is 1.57. The van der Waals surface area contributed by atoms with Crippen molar-refractivity contribution < 1.29 is 14.0 Å². The highest BCUT2D eigenvalue weighted by molar-refractivity contribution is 5.94. The first-order valence-electron chi connectivity index (χ1n) is 6.53. The Morgan fingerprint density at radius 3 is 2.52 bits per heavy atom. The molecule has 110 valence electrons. The van der Waals surface area contributed by atoms with Crippen LogP contribution in [0.15, 0.2) is 47.1 Å². The van der Waals surface area contributed by atoms with Crippen molar-refractivity contribution >= 4 is 11.9 Å². The van der Waals surface area contributed by atoms with E-state index in [9.17, 15) is 9.59 Å². The van der Waals surface area contributed by atoms with Crippen LogP contribution in [0.2, 0.25) is 0 Å². The van der Waals surface area contributed by atoms with E-state index in [0.29, 0.717) is 17.9 Å². The maximum atomic E-state index is 12.1. The molecule has 4 N–H and O–H groups in total. The molecule has 0 saturated carbocycles. The number of carbonyl (C=O) groups is 2. The van der Waals surface area contributed by atoms with Gasteiger partial charge in [0.05, 0.1) is 12.3 Å². The van der Waals surface area contributed by atoms with E-state index in [4.69, 9.17) is 10.2 Å². The fourth-order valence-corrected chi connectivity index (χ4v) is 1.85. The second-order valence-corrected chi connectivity index (χ2v) is 4.63. The van der Waals surface area contributed by atoms with Gasteiger partial charge in [0, 0.05) is 12.1 Å². The number of furan rings is 1. The standard InChI is InChI=1S/C15H17N3O3/c1-10(13-3-2-8-21-13)18-14(19)12-6-4-11(5-7-12)9-17-15(16)20/h2-8,10H,9H2,1H3,(H,18,19)(H3,16,17,20). The number of benzene rings is 1. The van der Waals surface area contributed by atoms with E-state index in [1.807, 2.05) is 13.0 Å². The maximum Gasteiger partial charge on any atom is 0.312 e. The summed E-state index contributed by atoms with van der Waals surface area (Å²) in [6, 6.07) is 9.73. The molecular formula is C15H17N3O3. The summed E-state index contributed by atoms with van der Waals surface area (Å²) in [5, 5.41) is 5.33. The first kappa shape index (κ1) is 14.6. The van der Waals surface area contributed by atoms with Crippen LogP contribution in [0, 0.1) is 0 Å². The van der Waals surface area contributed by atoms with Gasteiger partial charge in [0.1, 0.15) is 5.76 Å². The van der Waals surface area contributed by atoms with E-state index in [2.05, 4.69) is 10.6 Å². The smallest absolute Gasteiger partial charge is 0.312 e. The molecule has 3 amide bonds. The Labute approximate surface area is 122 Å². The van der Waals surface area contributed by atoms with E-state index >= 15 is 0 Å². The highest BCUT2D eigenvalue weighted by Gasteiger charge is 2.13. The van der Waals surface area contributed by atoms with Crippen molar-refractivity contribution in [1.29, 1.82) is 0 Å². The molecule has 2 aromatic rings. The number of amides is 3. The van der Waals surface area contributed by atoms with Crippen LogP contribution in [0.4, 0.5) is 4.79 Å². The lowest BCUT2D eigenvalue weighted by atomic mass is 10.1. The van der Waals surface area contributed by atoms with Crippen molar-refractivity contribution in [3.05, 3.63) is 59.5 Å². The Balaban J connectivity index is 1.95. The lowest BCUT2D eigenvalue weighted by molar-refractivity contribution is 0.0935. The summed E-state index contributed by atoms with van der Waals surface area (Å²) in [5.74, 6) is 0.513. The third-order valence-electron chi connectivity index (χ3n) is 3.00. The largest absolute Gasteiger partial charge is 0.467 e. The summed E-state index contributed by atoms with van der Waals surface area (Å²) in [7, 11) is 0. The first-order valence-corrected chi connectivity index (χ1v) is 6.53. The van der Waals surface area contributed by atoms with Crippen LogP contribution in [0.1, 0.15) is 34.6 Å². The molecule has 0 fully saturated rings. The van der Waals surface area contributed by atoms with Gasteiger partial charge in [0.2, 0.25) is 0 Å². The van der Waals surface area contributed by atoms with E-state index in [0.717, 1.165) is 5.56 Å².